The molecule has 2 amide bonds. The molecule has 1 saturated heterocycles. The number of hydrogen-bond donors (Lipinski definition) is 0. The van der Waals surface area contributed by atoms with Gasteiger partial charge in [-0.2, -0.15) is 0 Å². The topological polar surface area (TPSA) is 66.9 Å². The van der Waals surface area contributed by atoms with Crippen LogP contribution in [0.3, 0.4) is 0 Å². The molecule has 0 saturated carbocycles. The lowest BCUT2D eigenvalue weighted by Gasteiger charge is -2.35. The van der Waals surface area contributed by atoms with Crippen LogP contribution in [-0.2, 0) is 19.1 Å². The van der Waals surface area contributed by atoms with E-state index in [0.717, 1.165) is 9.75 Å². The van der Waals surface area contributed by atoms with Crippen molar-refractivity contribution in [3.63, 3.8) is 0 Å². The second-order valence-electron chi connectivity index (χ2n) is 5.69. The first kappa shape index (κ1) is 18.2. The molecule has 1 unspecified atom stereocenters. The lowest BCUT2D eigenvalue weighted by molar-refractivity contribution is -0.156. The van der Waals surface area contributed by atoms with Crippen molar-refractivity contribution in [1.29, 1.82) is 0 Å². The molecule has 0 aliphatic carbocycles. The molecule has 1 aliphatic heterocycles. The highest BCUT2D eigenvalue weighted by Gasteiger charge is 2.27. The molecule has 7 heteroatoms. The lowest BCUT2D eigenvalue weighted by Crippen LogP contribution is -2.52. The first-order chi connectivity index (χ1) is 11.4. The second-order valence-corrected chi connectivity index (χ2v) is 7.01. The van der Waals surface area contributed by atoms with Crippen molar-refractivity contribution in [3.05, 3.63) is 28.0 Å². The Balaban J connectivity index is 1.82. The fourth-order valence-corrected chi connectivity index (χ4v) is 3.24. The number of rotatable bonds is 4. The molecular formula is C17H22N2O4S. The second kappa shape index (κ2) is 8.10. The third-order valence-electron chi connectivity index (χ3n) is 3.82. The average Bonchev–Trinajstić information content (AvgIpc) is 2.97. The predicted octanol–water partition coefficient (Wildman–Crippen LogP) is 1.69. The van der Waals surface area contributed by atoms with Crippen LogP contribution in [0.25, 0.3) is 6.08 Å². The highest BCUT2D eigenvalue weighted by molar-refractivity contribution is 7.12. The molecule has 24 heavy (non-hydrogen) atoms. The minimum Gasteiger partial charge on any atom is -0.449 e. The van der Waals surface area contributed by atoms with Crippen LogP contribution in [0.1, 0.15) is 23.6 Å². The van der Waals surface area contributed by atoms with Crippen molar-refractivity contribution in [2.24, 2.45) is 0 Å². The monoisotopic (exact) mass is 350 g/mol. The quantitative estimate of drug-likeness (QED) is 0.612. The summed E-state index contributed by atoms with van der Waals surface area (Å²) in [5.41, 5.74) is 0. The fraction of sp³-hybridized carbons (Fsp3) is 0.471. The third-order valence-corrected chi connectivity index (χ3v) is 4.79. The number of hydrogen-bond acceptors (Lipinski definition) is 5. The minimum absolute atomic E-state index is 0.00975. The van der Waals surface area contributed by atoms with E-state index in [1.165, 1.54) is 13.0 Å². The van der Waals surface area contributed by atoms with Crippen molar-refractivity contribution in [3.8, 4) is 0 Å². The molecule has 2 heterocycles. The Morgan fingerprint density at radius 2 is 1.79 bits per heavy atom. The van der Waals surface area contributed by atoms with Crippen LogP contribution in [0, 0.1) is 6.92 Å². The summed E-state index contributed by atoms with van der Waals surface area (Å²) in [6.07, 6.45) is 2.18. The zero-order valence-corrected chi connectivity index (χ0v) is 15.0. The minimum atomic E-state index is -0.837. The number of carbonyl (C=O) groups is 3. The molecule has 0 spiro atoms. The van der Waals surface area contributed by atoms with E-state index < -0.39 is 12.1 Å². The Morgan fingerprint density at radius 1 is 1.17 bits per heavy atom. The van der Waals surface area contributed by atoms with Gasteiger partial charge in [-0.15, -0.1) is 11.3 Å². The SMILES string of the molecule is CC(=O)N1CCN(C(=O)C(C)OC(=O)/C=C/c2ccc(C)s2)CC1. The largest absolute Gasteiger partial charge is 0.449 e. The number of piperazine rings is 1. The number of esters is 1. The van der Waals surface area contributed by atoms with E-state index in [1.54, 1.807) is 34.1 Å². The molecule has 6 nitrogen and oxygen atoms in total. The van der Waals surface area contributed by atoms with Gasteiger partial charge in [0.25, 0.3) is 5.91 Å². The molecule has 0 bridgehead atoms. The third kappa shape index (κ3) is 4.92. The maximum Gasteiger partial charge on any atom is 0.331 e. The van der Waals surface area contributed by atoms with Crippen molar-refractivity contribution >= 4 is 35.2 Å². The standard InChI is InChI=1S/C17H22N2O4S/c1-12-4-5-15(24-12)6-7-16(21)23-13(2)17(22)19-10-8-18(9-11-19)14(3)20/h4-7,13H,8-11H2,1-3H3/b7-6+. The summed E-state index contributed by atoms with van der Waals surface area (Å²) in [5, 5.41) is 0. The first-order valence-electron chi connectivity index (χ1n) is 7.86. The summed E-state index contributed by atoms with van der Waals surface area (Å²) < 4.78 is 5.18. The summed E-state index contributed by atoms with van der Waals surface area (Å²) in [6, 6.07) is 3.90. The highest BCUT2D eigenvalue weighted by atomic mass is 32.1. The summed E-state index contributed by atoms with van der Waals surface area (Å²) in [4.78, 5) is 40.9. The number of ether oxygens (including phenoxy) is 1. The molecule has 0 N–H and O–H groups in total. The molecule has 0 aromatic carbocycles. The number of aryl methyl sites for hydroxylation is 1. The Morgan fingerprint density at radius 3 is 2.33 bits per heavy atom. The molecular weight excluding hydrogens is 328 g/mol. The highest BCUT2D eigenvalue weighted by Crippen LogP contribution is 2.16. The van der Waals surface area contributed by atoms with Crippen LogP contribution in [0.15, 0.2) is 18.2 Å². The van der Waals surface area contributed by atoms with Crippen molar-refractivity contribution in [2.75, 3.05) is 26.2 Å². The first-order valence-corrected chi connectivity index (χ1v) is 8.68. The van der Waals surface area contributed by atoms with Gasteiger partial charge in [-0.3, -0.25) is 9.59 Å². The summed E-state index contributed by atoms with van der Waals surface area (Å²) in [5.74, 6) is -0.758. The molecule has 1 aromatic heterocycles. The van der Waals surface area contributed by atoms with Crippen molar-refractivity contribution in [1.82, 2.24) is 9.80 Å². The Kier molecular flexibility index (Phi) is 6.14. The van der Waals surface area contributed by atoms with E-state index in [0.29, 0.717) is 26.2 Å². The molecule has 1 aliphatic rings. The van der Waals surface area contributed by atoms with E-state index in [9.17, 15) is 14.4 Å². The van der Waals surface area contributed by atoms with Gasteiger partial charge < -0.3 is 14.5 Å². The van der Waals surface area contributed by atoms with Gasteiger partial charge in [-0.1, -0.05) is 0 Å². The number of carbonyl (C=O) groups excluding carboxylic acids is 3. The van der Waals surface area contributed by atoms with E-state index in [1.807, 2.05) is 19.1 Å². The van der Waals surface area contributed by atoms with Gasteiger partial charge in [-0.05, 0) is 32.1 Å². The van der Waals surface area contributed by atoms with E-state index in [-0.39, 0.29) is 11.8 Å². The molecule has 2 rings (SSSR count). The van der Waals surface area contributed by atoms with Crippen molar-refractivity contribution in [2.45, 2.75) is 26.9 Å². The molecule has 1 atom stereocenters. The maximum atomic E-state index is 12.3. The van der Waals surface area contributed by atoms with Gasteiger partial charge in [0.2, 0.25) is 5.91 Å². The van der Waals surface area contributed by atoms with Gasteiger partial charge >= 0.3 is 5.97 Å². The van der Waals surface area contributed by atoms with Crippen LogP contribution in [0.4, 0.5) is 0 Å². The zero-order valence-electron chi connectivity index (χ0n) is 14.2. The van der Waals surface area contributed by atoms with Gasteiger partial charge in [0.15, 0.2) is 6.10 Å². The van der Waals surface area contributed by atoms with Crippen LogP contribution in [0.5, 0.6) is 0 Å². The van der Waals surface area contributed by atoms with Crippen LogP contribution in [0.2, 0.25) is 0 Å². The van der Waals surface area contributed by atoms with Crippen LogP contribution < -0.4 is 0 Å². The number of thiophene rings is 1. The summed E-state index contributed by atoms with van der Waals surface area (Å²) in [7, 11) is 0. The molecule has 130 valence electrons. The van der Waals surface area contributed by atoms with Crippen molar-refractivity contribution < 1.29 is 19.1 Å². The predicted molar refractivity (Wildman–Crippen MR) is 92.5 cm³/mol. The normalized spacial score (nSPS) is 16.3. The maximum absolute atomic E-state index is 12.3. The Bertz CT molecular complexity index is 645. The van der Waals surface area contributed by atoms with Gasteiger partial charge in [0.1, 0.15) is 0 Å². The lowest BCUT2D eigenvalue weighted by atomic mass is 10.2. The molecule has 0 radical (unpaired) electrons. The van der Waals surface area contributed by atoms with Crippen LogP contribution in [-0.4, -0.2) is 59.9 Å². The van der Waals surface area contributed by atoms with Gasteiger partial charge in [0.05, 0.1) is 0 Å². The van der Waals surface area contributed by atoms with Gasteiger partial charge in [-0.25, -0.2) is 4.79 Å². The zero-order chi connectivity index (χ0) is 17.7. The van der Waals surface area contributed by atoms with E-state index in [4.69, 9.17) is 4.74 Å². The summed E-state index contributed by atoms with van der Waals surface area (Å²) in [6.45, 7) is 7.03. The molecule has 1 aromatic rings. The number of nitrogens with zero attached hydrogens (tertiary/aromatic N) is 2. The number of amides is 2. The Hall–Kier alpha value is -2.15. The Labute approximate surface area is 145 Å². The summed E-state index contributed by atoms with van der Waals surface area (Å²) >= 11 is 1.58. The fourth-order valence-electron chi connectivity index (χ4n) is 2.46. The van der Waals surface area contributed by atoms with E-state index in [2.05, 4.69) is 0 Å². The van der Waals surface area contributed by atoms with Gasteiger partial charge in [0, 0.05) is 48.9 Å². The van der Waals surface area contributed by atoms with Crippen LogP contribution >= 0.6 is 11.3 Å². The smallest absolute Gasteiger partial charge is 0.331 e. The average molecular weight is 350 g/mol. The molecule has 1 fully saturated rings. The van der Waals surface area contributed by atoms with E-state index >= 15 is 0 Å².